The predicted molar refractivity (Wildman–Crippen MR) is 142 cm³/mol. The second-order valence-electron chi connectivity index (χ2n) is 9.96. The number of hydrogen-bond donors (Lipinski definition) is 0. The summed E-state index contributed by atoms with van der Waals surface area (Å²) < 4.78 is 5.91. The van der Waals surface area contributed by atoms with Gasteiger partial charge in [-0.25, -0.2) is 0 Å². The molecule has 1 aliphatic heterocycles. The summed E-state index contributed by atoms with van der Waals surface area (Å²) in [5.74, 6) is 0.590. The van der Waals surface area contributed by atoms with E-state index in [9.17, 15) is 0 Å². The van der Waals surface area contributed by atoms with E-state index in [1.165, 1.54) is 40.6 Å². The summed E-state index contributed by atoms with van der Waals surface area (Å²) in [6.07, 6.45) is 5.02. The molecule has 174 valence electrons. The Labute approximate surface area is 206 Å². The van der Waals surface area contributed by atoms with Gasteiger partial charge in [0.15, 0.2) is 0 Å². The number of pyridine rings is 1. The lowest BCUT2D eigenvalue weighted by atomic mass is 9.92. The number of ether oxygens (including phenoxy) is 1. The van der Waals surface area contributed by atoms with E-state index in [4.69, 9.17) is 15.0 Å². The molecule has 1 saturated heterocycles. The lowest BCUT2D eigenvalue weighted by Gasteiger charge is -2.37. The molecule has 4 heteroatoms. The summed E-state index contributed by atoms with van der Waals surface area (Å²) in [7, 11) is 0. The third-order valence-corrected chi connectivity index (χ3v) is 7.21. The van der Waals surface area contributed by atoms with E-state index in [2.05, 4.69) is 73.5 Å². The minimum atomic E-state index is 0.245. The zero-order chi connectivity index (χ0) is 23.9. The molecule has 2 heterocycles. The van der Waals surface area contributed by atoms with Gasteiger partial charge in [0.1, 0.15) is 0 Å². The highest BCUT2D eigenvalue weighted by molar-refractivity contribution is 5.98. The van der Waals surface area contributed by atoms with Crippen LogP contribution >= 0.6 is 0 Å². The fourth-order valence-electron chi connectivity index (χ4n) is 5.48. The maximum atomic E-state index is 9.16. The fourth-order valence-corrected chi connectivity index (χ4v) is 5.48. The molecule has 4 aromatic rings. The minimum Gasteiger partial charge on any atom is -0.372 e. The Hall–Kier alpha value is -3.68. The number of para-hydroxylation sites is 1. The van der Waals surface area contributed by atoms with Gasteiger partial charge in [0.25, 0.3) is 0 Å². The van der Waals surface area contributed by atoms with Crippen LogP contribution in [0.15, 0.2) is 72.9 Å². The Kier molecular flexibility index (Phi) is 5.51. The first-order chi connectivity index (χ1) is 17.1. The molecule has 2 atom stereocenters. The summed E-state index contributed by atoms with van der Waals surface area (Å²) in [6.45, 7) is 6.14. The van der Waals surface area contributed by atoms with E-state index in [0.29, 0.717) is 11.5 Å². The van der Waals surface area contributed by atoms with E-state index in [1.54, 1.807) is 0 Å². The molecule has 0 N–H and O–H groups in total. The van der Waals surface area contributed by atoms with Crippen molar-refractivity contribution < 1.29 is 4.74 Å². The van der Waals surface area contributed by atoms with E-state index in [1.807, 2.05) is 24.3 Å². The lowest BCUT2D eigenvalue weighted by Crippen LogP contribution is -2.45. The molecule has 1 aromatic heterocycles. The lowest BCUT2D eigenvalue weighted by molar-refractivity contribution is -0.00521. The average Bonchev–Trinajstić information content (AvgIpc) is 3.72. The number of anilines is 1. The Bertz CT molecular complexity index is 1410. The van der Waals surface area contributed by atoms with Crippen molar-refractivity contribution >= 4 is 16.6 Å². The first-order valence-electron chi connectivity index (χ1n) is 12.5. The van der Waals surface area contributed by atoms with Crippen LogP contribution in [-0.4, -0.2) is 30.3 Å². The Morgan fingerprint density at radius 1 is 0.857 bits per heavy atom. The van der Waals surface area contributed by atoms with Gasteiger partial charge in [-0.2, -0.15) is 5.26 Å². The Morgan fingerprint density at radius 2 is 1.51 bits per heavy atom. The van der Waals surface area contributed by atoms with Crippen molar-refractivity contribution in [3.05, 3.63) is 84.1 Å². The van der Waals surface area contributed by atoms with Crippen molar-refractivity contribution in [2.75, 3.05) is 18.0 Å². The van der Waals surface area contributed by atoms with Crippen molar-refractivity contribution in [1.82, 2.24) is 4.98 Å². The summed E-state index contributed by atoms with van der Waals surface area (Å²) in [5.41, 5.74) is 9.06. The van der Waals surface area contributed by atoms with Gasteiger partial charge < -0.3 is 9.64 Å². The van der Waals surface area contributed by atoms with Crippen molar-refractivity contribution in [3.8, 4) is 28.3 Å². The first kappa shape index (κ1) is 21.8. The fraction of sp³-hybridized carbons (Fsp3) is 0.290. The molecule has 35 heavy (non-hydrogen) atoms. The second kappa shape index (κ2) is 8.83. The maximum Gasteiger partial charge on any atom is 0.0991 e. The largest absolute Gasteiger partial charge is 0.372 e. The van der Waals surface area contributed by atoms with E-state index in [0.717, 1.165) is 29.7 Å². The molecular formula is C31H29N3O. The van der Waals surface area contributed by atoms with Gasteiger partial charge in [-0.05, 0) is 73.6 Å². The molecule has 2 fully saturated rings. The van der Waals surface area contributed by atoms with Gasteiger partial charge in [0.05, 0.1) is 29.4 Å². The average molecular weight is 460 g/mol. The zero-order valence-corrected chi connectivity index (χ0v) is 20.2. The number of fused-ring (bicyclic) bond motifs is 1. The number of nitriles is 1. The van der Waals surface area contributed by atoms with Crippen LogP contribution in [0.4, 0.5) is 5.69 Å². The number of morpholine rings is 1. The number of rotatable bonds is 4. The third-order valence-electron chi connectivity index (χ3n) is 7.21. The van der Waals surface area contributed by atoms with Crippen molar-refractivity contribution in [3.63, 3.8) is 0 Å². The number of nitrogens with zero attached hydrogens (tertiary/aromatic N) is 3. The van der Waals surface area contributed by atoms with Gasteiger partial charge in [-0.3, -0.25) is 4.98 Å². The van der Waals surface area contributed by atoms with Gasteiger partial charge in [-0.1, -0.05) is 42.5 Å². The topological polar surface area (TPSA) is 49.2 Å². The van der Waals surface area contributed by atoms with Crippen LogP contribution < -0.4 is 4.90 Å². The van der Waals surface area contributed by atoms with Crippen LogP contribution in [0.1, 0.15) is 43.7 Å². The van der Waals surface area contributed by atoms with Gasteiger partial charge in [0.2, 0.25) is 0 Å². The molecule has 2 unspecified atom stereocenters. The SMILES string of the molecule is CC1CN(c2ccc(-c3cnc4c(-c5ccc(C#N)cc5)cccc4c3C3CC3)cc2)CC(C)O1. The number of aromatic nitrogens is 1. The molecule has 2 aliphatic rings. The molecule has 1 saturated carbocycles. The minimum absolute atomic E-state index is 0.245. The van der Waals surface area contributed by atoms with Crippen molar-refractivity contribution in [2.45, 2.75) is 44.8 Å². The highest BCUT2D eigenvalue weighted by Crippen LogP contribution is 2.48. The maximum absolute atomic E-state index is 9.16. The van der Waals surface area contributed by atoms with Crippen LogP contribution in [0.5, 0.6) is 0 Å². The zero-order valence-electron chi connectivity index (χ0n) is 20.2. The van der Waals surface area contributed by atoms with Crippen molar-refractivity contribution in [1.29, 1.82) is 5.26 Å². The Balaban J connectivity index is 1.40. The standard InChI is InChI=1S/C31H29N3O/c1-20-18-34(19-21(2)35-20)26-14-12-24(13-15-26)29-17-33-31-27(23-8-6-22(16-32)7-9-23)4-3-5-28(31)30(29)25-10-11-25/h3-9,12-15,17,20-21,25H,10-11,18-19H2,1-2H3. The third kappa shape index (κ3) is 4.17. The predicted octanol–water partition coefficient (Wildman–Crippen LogP) is 6.93. The van der Waals surface area contributed by atoms with Crippen LogP contribution in [0.25, 0.3) is 33.2 Å². The summed E-state index contributed by atoms with van der Waals surface area (Å²) in [5, 5.41) is 10.4. The van der Waals surface area contributed by atoms with Gasteiger partial charge in [0, 0.05) is 41.5 Å². The van der Waals surface area contributed by atoms with E-state index in [-0.39, 0.29) is 12.2 Å². The molecule has 3 aromatic carbocycles. The summed E-state index contributed by atoms with van der Waals surface area (Å²) >= 11 is 0. The van der Waals surface area contributed by atoms with Crippen LogP contribution in [-0.2, 0) is 4.74 Å². The van der Waals surface area contributed by atoms with E-state index >= 15 is 0 Å². The molecule has 1 aliphatic carbocycles. The summed E-state index contributed by atoms with van der Waals surface area (Å²) in [4.78, 5) is 7.41. The van der Waals surface area contributed by atoms with Crippen LogP contribution in [0, 0.1) is 11.3 Å². The molecule has 0 radical (unpaired) electrons. The summed E-state index contributed by atoms with van der Waals surface area (Å²) in [6, 6.07) is 25.5. The van der Waals surface area contributed by atoms with Gasteiger partial charge >= 0.3 is 0 Å². The highest BCUT2D eigenvalue weighted by atomic mass is 16.5. The monoisotopic (exact) mass is 459 g/mol. The van der Waals surface area contributed by atoms with Gasteiger partial charge in [-0.15, -0.1) is 0 Å². The molecule has 0 bridgehead atoms. The number of hydrogen-bond acceptors (Lipinski definition) is 4. The molecule has 0 amide bonds. The Morgan fingerprint density at radius 3 is 2.17 bits per heavy atom. The van der Waals surface area contributed by atoms with Crippen LogP contribution in [0.2, 0.25) is 0 Å². The van der Waals surface area contributed by atoms with E-state index < -0.39 is 0 Å². The molecular weight excluding hydrogens is 430 g/mol. The van der Waals surface area contributed by atoms with Crippen molar-refractivity contribution in [2.24, 2.45) is 0 Å². The quantitative estimate of drug-likeness (QED) is 0.332. The normalized spacial score (nSPS) is 20.1. The smallest absolute Gasteiger partial charge is 0.0991 e. The molecule has 4 nitrogen and oxygen atoms in total. The van der Waals surface area contributed by atoms with Crippen LogP contribution in [0.3, 0.4) is 0 Å². The molecule has 6 rings (SSSR count). The first-order valence-corrected chi connectivity index (χ1v) is 12.5. The number of benzene rings is 3. The molecule has 0 spiro atoms. The highest BCUT2D eigenvalue weighted by Gasteiger charge is 2.29. The second-order valence-corrected chi connectivity index (χ2v) is 9.96.